The second-order valence-electron chi connectivity index (χ2n) is 6.48. The number of nitrogens with one attached hydrogen (secondary N) is 1. The largest absolute Gasteiger partial charge is 0.488 e. The molecule has 1 unspecified atom stereocenters. The Balaban J connectivity index is 1.64. The molecule has 0 spiro atoms. The van der Waals surface area contributed by atoms with Gasteiger partial charge in [-0.1, -0.05) is 0 Å². The van der Waals surface area contributed by atoms with Gasteiger partial charge in [-0.25, -0.2) is 15.2 Å². The van der Waals surface area contributed by atoms with Gasteiger partial charge in [0.1, 0.15) is 12.8 Å². The van der Waals surface area contributed by atoms with Gasteiger partial charge in [0.05, 0.1) is 12.1 Å². The summed E-state index contributed by atoms with van der Waals surface area (Å²) in [5.74, 6) is 1.12. The number of anilines is 1. The van der Waals surface area contributed by atoms with E-state index in [1.165, 1.54) is 9.91 Å². The van der Waals surface area contributed by atoms with Crippen molar-refractivity contribution >= 4 is 17.8 Å². The van der Waals surface area contributed by atoms with Crippen molar-refractivity contribution < 1.29 is 14.3 Å². The summed E-state index contributed by atoms with van der Waals surface area (Å²) in [5, 5.41) is 1.46. The van der Waals surface area contributed by atoms with Crippen LogP contribution in [-0.4, -0.2) is 72.2 Å². The first-order valence-electron chi connectivity index (χ1n) is 8.30. The molecule has 4 rings (SSSR count). The molecule has 0 bridgehead atoms. The van der Waals surface area contributed by atoms with Crippen molar-refractivity contribution in [3.8, 4) is 5.75 Å². The maximum absolute atomic E-state index is 12.1. The maximum atomic E-state index is 12.1. The Morgan fingerprint density at radius 3 is 3.00 bits per heavy atom. The van der Waals surface area contributed by atoms with E-state index in [0.29, 0.717) is 30.3 Å². The molecule has 1 N–H and O–H groups in total. The molecule has 3 amide bonds. The molecule has 1 atom stereocenters. The highest BCUT2D eigenvalue weighted by Crippen LogP contribution is 2.34. The minimum atomic E-state index is -0.228. The molecule has 1 fully saturated rings. The van der Waals surface area contributed by atoms with Gasteiger partial charge in [0, 0.05) is 39.2 Å². The van der Waals surface area contributed by atoms with E-state index in [9.17, 15) is 9.59 Å². The van der Waals surface area contributed by atoms with E-state index in [-0.39, 0.29) is 18.1 Å². The van der Waals surface area contributed by atoms with Gasteiger partial charge in [0.2, 0.25) is 0 Å². The molecule has 136 valence electrons. The minimum Gasteiger partial charge on any atom is -0.488 e. The molecular formula is C17H20N6O3. The number of urea groups is 1. The number of carbonyl (C=O) groups is 2. The fraction of sp³-hybridized carbons (Fsp3) is 0.353. The van der Waals surface area contributed by atoms with Crippen LogP contribution in [0, 0.1) is 0 Å². The number of fused-ring (bicyclic) bond motifs is 2. The Bertz CT molecular complexity index is 834. The van der Waals surface area contributed by atoms with Crippen molar-refractivity contribution in [3.63, 3.8) is 0 Å². The highest BCUT2D eigenvalue weighted by molar-refractivity contribution is 5.94. The van der Waals surface area contributed by atoms with Crippen LogP contribution in [0.15, 0.2) is 36.3 Å². The lowest BCUT2D eigenvalue weighted by molar-refractivity contribution is 0.0826. The Morgan fingerprint density at radius 1 is 1.42 bits per heavy atom. The van der Waals surface area contributed by atoms with Gasteiger partial charge in [0.15, 0.2) is 11.6 Å². The molecule has 4 heterocycles. The van der Waals surface area contributed by atoms with Gasteiger partial charge in [-0.2, -0.15) is 0 Å². The molecule has 26 heavy (non-hydrogen) atoms. The number of rotatable bonds is 2. The third kappa shape index (κ3) is 2.57. The fourth-order valence-corrected chi connectivity index (χ4v) is 3.16. The summed E-state index contributed by atoms with van der Waals surface area (Å²) in [6, 6.07) is 1.62. The molecule has 3 aliphatic heterocycles. The third-order valence-corrected chi connectivity index (χ3v) is 4.49. The van der Waals surface area contributed by atoms with Gasteiger partial charge < -0.3 is 14.5 Å². The third-order valence-electron chi connectivity index (χ3n) is 4.49. The molecule has 1 aromatic heterocycles. The van der Waals surface area contributed by atoms with Crippen molar-refractivity contribution in [1.29, 1.82) is 0 Å². The van der Waals surface area contributed by atoms with Crippen LogP contribution in [0.25, 0.3) is 0 Å². The summed E-state index contributed by atoms with van der Waals surface area (Å²) in [6.07, 6.45) is 6.95. The average molecular weight is 356 g/mol. The lowest BCUT2D eigenvalue weighted by atomic mass is 10.2. The summed E-state index contributed by atoms with van der Waals surface area (Å²) in [4.78, 5) is 33.8. The molecule has 9 nitrogen and oxygen atoms in total. The smallest absolute Gasteiger partial charge is 0.339 e. The SMILES string of the molecule is CN(C)C(=O)c1cnc2c(c1)OCCN2C1=CC2NN(C)C(=O)N2C=C1. The predicted molar refractivity (Wildman–Crippen MR) is 94.2 cm³/mol. The Labute approximate surface area is 151 Å². The van der Waals surface area contributed by atoms with Crippen LogP contribution < -0.4 is 15.1 Å². The number of hydrazine groups is 1. The molecule has 0 radical (unpaired) electrons. The van der Waals surface area contributed by atoms with Crippen molar-refractivity contribution in [2.45, 2.75) is 6.17 Å². The summed E-state index contributed by atoms with van der Waals surface area (Å²) in [5.41, 5.74) is 4.50. The monoisotopic (exact) mass is 356 g/mol. The van der Waals surface area contributed by atoms with Gasteiger partial charge in [0.25, 0.3) is 5.91 Å². The number of allylic oxidation sites excluding steroid dienone is 1. The van der Waals surface area contributed by atoms with Crippen molar-refractivity contribution in [3.05, 3.63) is 41.9 Å². The lowest BCUT2D eigenvalue weighted by Crippen LogP contribution is -2.39. The number of carbonyl (C=O) groups excluding carboxylic acids is 2. The van der Waals surface area contributed by atoms with E-state index in [1.807, 2.05) is 17.1 Å². The summed E-state index contributed by atoms with van der Waals surface area (Å²) in [7, 11) is 5.09. The summed E-state index contributed by atoms with van der Waals surface area (Å²) in [6.45, 7) is 1.12. The molecule has 0 saturated carbocycles. The van der Waals surface area contributed by atoms with Gasteiger partial charge >= 0.3 is 6.03 Å². The van der Waals surface area contributed by atoms with Crippen LogP contribution in [0.3, 0.4) is 0 Å². The van der Waals surface area contributed by atoms with Gasteiger partial charge in [-0.05, 0) is 18.2 Å². The Hall–Kier alpha value is -3.07. The minimum absolute atomic E-state index is 0.103. The van der Waals surface area contributed by atoms with Crippen molar-refractivity contribution in [2.75, 3.05) is 39.2 Å². The van der Waals surface area contributed by atoms with Crippen LogP contribution in [-0.2, 0) is 0 Å². The zero-order valence-corrected chi connectivity index (χ0v) is 14.8. The molecule has 0 aromatic carbocycles. The van der Waals surface area contributed by atoms with Crippen molar-refractivity contribution in [1.82, 2.24) is 25.2 Å². The fourth-order valence-electron chi connectivity index (χ4n) is 3.16. The predicted octanol–water partition coefficient (Wildman–Crippen LogP) is 0.592. The van der Waals surface area contributed by atoms with E-state index in [0.717, 1.165) is 5.70 Å². The first kappa shape index (κ1) is 16.4. The van der Waals surface area contributed by atoms with Crippen LogP contribution in [0.2, 0.25) is 0 Å². The molecular weight excluding hydrogens is 336 g/mol. The Kier molecular flexibility index (Phi) is 3.80. The van der Waals surface area contributed by atoms with Crippen LogP contribution in [0.1, 0.15) is 10.4 Å². The van der Waals surface area contributed by atoms with Crippen LogP contribution in [0.4, 0.5) is 10.6 Å². The molecule has 1 saturated heterocycles. The second-order valence-corrected chi connectivity index (χ2v) is 6.48. The summed E-state index contributed by atoms with van der Waals surface area (Å²) >= 11 is 0. The topological polar surface area (TPSA) is 81.3 Å². The van der Waals surface area contributed by atoms with E-state index in [2.05, 4.69) is 10.4 Å². The zero-order valence-electron chi connectivity index (χ0n) is 14.8. The molecule has 3 aliphatic rings. The van der Waals surface area contributed by atoms with E-state index >= 15 is 0 Å². The number of hydrogen-bond acceptors (Lipinski definition) is 6. The normalized spacial score (nSPS) is 21.2. The second kappa shape index (κ2) is 6.03. The highest BCUT2D eigenvalue weighted by Gasteiger charge is 2.35. The van der Waals surface area contributed by atoms with Gasteiger partial charge in [-0.3, -0.25) is 14.7 Å². The maximum Gasteiger partial charge on any atom is 0.339 e. The number of nitrogens with zero attached hydrogens (tertiary/aromatic N) is 5. The van der Waals surface area contributed by atoms with E-state index in [1.54, 1.807) is 44.5 Å². The number of hydrogen-bond donors (Lipinski definition) is 1. The molecule has 0 aliphatic carbocycles. The Morgan fingerprint density at radius 2 is 2.23 bits per heavy atom. The standard InChI is InChI=1S/C17H20N6O3/c1-20(2)16(24)11-8-13-15(18-10-11)22(6-7-26-13)12-4-5-23-14(9-12)19-21(3)17(23)25/h4-5,8-10,14,19H,6-7H2,1-3H3. The highest BCUT2D eigenvalue weighted by atomic mass is 16.5. The van der Waals surface area contributed by atoms with Crippen LogP contribution >= 0.6 is 0 Å². The van der Waals surface area contributed by atoms with Crippen LogP contribution in [0.5, 0.6) is 5.75 Å². The van der Waals surface area contributed by atoms with E-state index in [4.69, 9.17) is 4.74 Å². The first-order valence-corrected chi connectivity index (χ1v) is 8.30. The summed E-state index contributed by atoms with van der Waals surface area (Å²) < 4.78 is 5.72. The first-order chi connectivity index (χ1) is 12.5. The number of ether oxygens (including phenoxy) is 1. The lowest BCUT2D eigenvalue weighted by Gasteiger charge is -2.33. The molecule has 1 aromatic rings. The number of aromatic nitrogens is 1. The molecule has 9 heteroatoms. The van der Waals surface area contributed by atoms with Crippen molar-refractivity contribution in [2.24, 2.45) is 0 Å². The zero-order chi connectivity index (χ0) is 18.4. The number of pyridine rings is 1. The average Bonchev–Trinajstić information content (AvgIpc) is 2.93. The number of amides is 3. The quantitative estimate of drug-likeness (QED) is 0.835. The van der Waals surface area contributed by atoms with E-state index < -0.39 is 0 Å². The van der Waals surface area contributed by atoms with Gasteiger partial charge in [-0.15, -0.1) is 0 Å².